The van der Waals surface area contributed by atoms with Crippen LogP contribution in [0.25, 0.3) is 0 Å². The van der Waals surface area contributed by atoms with Crippen molar-refractivity contribution in [3.63, 3.8) is 0 Å². The lowest BCUT2D eigenvalue weighted by atomic mass is 10.0. The second-order valence-electron chi connectivity index (χ2n) is 4.77. The summed E-state index contributed by atoms with van der Waals surface area (Å²) in [6, 6.07) is 5.55. The lowest BCUT2D eigenvalue weighted by Gasteiger charge is -2.20. The monoisotopic (exact) mass is 312 g/mol. The third-order valence-corrected chi connectivity index (χ3v) is 4.17. The fourth-order valence-corrected chi connectivity index (χ4v) is 3.04. The van der Waals surface area contributed by atoms with Crippen LogP contribution >= 0.6 is 15.9 Å². The van der Waals surface area contributed by atoms with E-state index in [1.165, 1.54) is 12.8 Å². The highest BCUT2D eigenvalue weighted by Crippen LogP contribution is 2.34. The first-order valence-corrected chi connectivity index (χ1v) is 7.11. The number of nitro groups is 1. The standard InChI is InChI=1S/C13H17BrN2O2/c1-2-9-4-3-5-11(9)15-12-7-6-10(14)8-13(12)16(17)18/h6-9,11,15H,2-5H2,1H3. The Morgan fingerprint density at radius 3 is 2.94 bits per heavy atom. The number of nitro benzene ring substituents is 1. The van der Waals surface area contributed by atoms with Crippen LogP contribution in [0.15, 0.2) is 22.7 Å². The average Bonchev–Trinajstić information content (AvgIpc) is 2.78. The summed E-state index contributed by atoms with van der Waals surface area (Å²) >= 11 is 3.27. The Morgan fingerprint density at radius 1 is 1.50 bits per heavy atom. The third kappa shape index (κ3) is 2.83. The molecule has 2 rings (SSSR count). The number of hydrogen-bond acceptors (Lipinski definition) is 3. The topological polar surface area (TPSA) is 55.2 Å². The minimum absolute atomic E-state index is 0.145. The maximum Gasteiger partial charge on any atom is 0.293 e. The second kappa shape index (κ2) is 5.69. The zero-order valence-corrected chi connectivity index (χ0v) is 11.9. The van der Waals surface area contributed by atoms with Crippen LogP contribution in [-0.4, -0.2) is 11.0 Å². The predicted octanol–water partition coefficient (Wildman–Crippen LogP) is 4.35. The van der Waals surface area contributed by atoms with Crippen molar-refractivity contribution < 1.29 is 4.92 Å². The molecule has 0 radical (unpaired) electrons. The highest BCUT2D eigenvalue weighted by atomic mass is 79.9. The van der Waals surface area contributed by atoms with E-state index in [1.54, 1.807) is 12.1 Å². The van der Waals surface area contributed by atoms with Crippen molar-refractivity contribution in [3.8, 4) is 0 Å². The summed E-state index contributed by atoms with van der Waals surface area (Å²) < 4.78 is 0.734. The van der Waals surface area contributed by atoms with Crippen molar-refractivity contribution in [1.29, 1.82) is 0 Å². The Labute approximate surface area is 115 Å². The fraction of sp³-hybridized carbons (Fsp3) is 0.538. The summed E-state index contributed by atoms with van der Waals surface area (Å²) in [6.07, 6.45) is 4.66. The van der Waals surface area contributed by atoms with E-state index in [-0.39, 0.29) is 10.6 Å². The van der Waals surface area contributed by atoms with Gasteiger partial charge in [0.25, 0.3) is 5.69 Å². The lowest BCUT2D eigenvalue weighted by molar-refractivity contribution is -0.384. The Hall–Kier alpha value is -1.10. The van der Waals surface area contributed by atoms with Crippen LogP contribution in [0.3, 0.4) is 0 Å². The summed E-state index contributed by atoms with van der Waals surface area (Å²) in [4.78, 5) is 10.7. The van der Waals surface area contributed by atoms with Crippen molar-refractivity contribution >= 4 is 27.3 Å². The van der Waals surface area contributed by atoms with Crippen molar-refractivity contribution in [3.05, 3.63) is 32.8 Å². The van der Waals surface area contributed by atoms with E-state index in [9.17, 15) is 10.1 Å². The van der Waals surface area contributed by atoms with Gasteiger partial charge in [0, 0.05) is 16.6 Å². The Bertz CT molecular complexity index is 451. The van der Waals surface area contributed by atoms with Crippen LogP contribution in [0.1, 0.15) is 32.6 Å². The number of anilines is 1. The highest BCUT2D eigenvalue weighted by molar-refractivity contribution is 9.10. The highest BCUT2D eigenvalue weighted by Gasteiger charge is 2.27. The van der Waals surface area contributed by atoms with Gasteiger partial charge in [-0.15, -0.1) is 0 Å². The van der Waals surface area contributed by atoms with Gasteiger partial charge in [0.05, 0.1) is 4.92 Å². The van der Waals surface area contributed by atoms with Crippen LogP contribution in [0.2, 0.25) is 0 Å². The van der Waals surface area contributed by atoms with Crippen LogP contribution in [0.4, 0.5) is 11.4 Å². The zero-order valence-electron chi connectivity index (χ0n) is 10.4. The smallest absolute Gasteiger partial charge is 0.293 e. The molecule has 1 aliphatic rings. The summed E-state index contributed by atoms with van der Waals surface area (Å²) in [5.74, 6) is 0.633. The van der Waals surface area contributed by atoms with Gasteiger partial charge in [0.15, 0.2) is 0 Å². The lowest BCUT2D eigenvalue weighted by Crippen LogP contribution is -2.23. The molecule has 0 aliphatic heterocycles. The maximum absolute atomic E-state index is 11.0. The second-order valence-corrected chi connectivity index (χ2v) is 5.68. The molecular weight excluding hydrogens is 296 g/mol. The molecule has 0 saturated heterocycles. The van der Waals surface area contributed by atoms with Gasteiger partial charge in [-0.1, -0.05) is 35.7 Å². The number of benzene rings is 1. The SMILES string of the molecule is CCC1CCCC1Nc1ccc(Br)cc1[N+](=O)[O-]. The molecule has 0 heterocycles. The molecule has 0 spiro atoms. The van der Waals surface area contributed by atoms with E-state index in [2.05, 4.69) is 28.2 Å². The molecule has 1 aromatic carbocycles. The Balaban J connectivity index is 2.20. The van der Waals surface area contributed by atoms with E-state index in [0.29, 0.717) is 17.6 Å². The van der Waals surface area contributed by atoms with Crippen molar-refractivity contribution in [1.82, 2.24) is 0 Å². The van der Waals surface area contributed by atoms with E-state index in [4.69, 9.17) is 0 Å². The van der Waals surface area contributed by atoms with Crippen molar-refractivity contribution in [2.24, 2.45) is 5.92 Å². The van der Waals surface area contributed by atoms with Crippen LogP contribution in [0.5, 0.6) is 0 Å². The molecule has 5 heteroatoms. The first kappa shape index (κ1) is 13.3. The van der Waals surface area contributed by atoms with E-state index in [0.717, 1.165) is 17.3 Å². The number of nitrogens with one attached hydrogen (secondary N) is 1. The van der Waals surface area contributed by atoms with Crippen LogP contribution < -0.4 is 5.32 Å². The van der Waals surface area contributed by atoms with Gasteiger partial charge >= 0.3 is 0 Å². The molecule has 1 aromatic rings. The summed E-state index contributed by atoms with van der Waals surface area (Å²) in [7, 11) is 0. The van der Waals surface area contributed by atoms with Gasteiger partial charge < -0.3 is 5.32 Å². The molecule has 1 N–H and O–H groups in total. The number of nitrogens with zero attached hydrogens (tertiary/aromatic N) is 1. The molecular formula is C13H17BrN2O2. The molecule has 0 bridgehead atoms. The van der Waals surface area contributed by atoms with Gasteiger partial charge in [-0.3, -0.25) is 10.1 Å². The fourth-order valence-electron chi connectivity index (χ4n) is 2.69. The maximum atomic E-state index is 11.0. The molecule has 1 saturated carbocycles. The van der Waals surface area contributed by atoms with Crippen LogP contribution in [-0.2, 0) is 0 Å². The Kier molecular flexibility index (Phi) is 4.22. The van der Waals surface area contributed by atoms with E-state index < -0.39 is 0 Å². The number of rotatable bonds is 4. The van der Waals surface area contributed by atoms with E-state index >= 15 is 0 Å². The summed E-state index contributed by atoms with van der Waals surface area (Å²) in [5, 5.41) is 14.4. The first-order valence-electron chi connectivity index (χ1n) is 6.32. The molecule has 18 heavy (non-hydrogen) atoms. The molecule has 2 atom stereocenters. The normalized spacial score (nSPS) is 23.0. The van der Waals surface area contributed by atoms with Gasteiger partial charge in [0.1, 0.15) is 5.69 Å². The molecule has 0 aromatic heterocycles. The number of halogens is 1. The van der Waals surface area contributed by atoms with Crippen molar-refractivity contribution in [2.45, 2.75) is 38.6 Å². The van der Waals surface area contributed by atoms with Gasteiger partial charge in [-0.2, -0.15) is 0 Å². The molecule has 1 aliphatic carbocycles. The van der Waals surface area contributed by atoms with Gasteiger partial charge in [0.2, 0.25) is 0 Å². The van der Waals surface area contributed by atoms with Crippen molar-refractivity contribution in [2.75, 3.05) is 5.32 Å². The molecule has 1 fully saturated rings. The minimum atomic E-state index is -0.330. The molecule has 4 nitrogen and oxygen atoms in total. The number of hydrogen-bond donors (Lipinski definition) is 1. The van der Waals surface area contributed by atoms with Crippen LogP contribution in [0, 0.1) is 16.0 Å². The minimum Gasteiger partial charge on any atom is -0.376 e. The molecule has 2 unspecified atom stereocenters. The predicted molar refractivity (Wildman–Crippen MR) is 75.8 cm³/mol. The average molecular weight is 313 g/mol. The molecule has 0 amide bonds. The van der Waals surface area contributed by atoms with E-state index in [1.807, 2.05) is 6.07 Å². The van der Waals surface area contributed by atoms with Gasteiger partial charge in [-0.05, 0) is 30.9 Å². The third-order valence-electron chi connectivity index (χ3n) is 3.68. The Morgan fingerprint density at radius 2 is 2.28 bits per heavy atom. The zero-order chi connectivity index (χ0) is 13.1. The van der Waals surface area contributed by atoms with Gasteiger partial charge in [-0.25, -0.2) is 0 Å². The summed E-state index contributed by atoms with van der Waals surface area (Å²) in [5.41, 5.74) is 0.777. The first-order chi connectivity index (χ1) is 8.61. The summed E-state index contributed by atoms with van der Waals surface area (Å²) in [6.45, 7) is 2.18. The molecule has 98 valence electrons. The largest absolute Gasteiger partial charge is 0.376 e. The quantitative estimate of drug-likeness (QED) is 0.664.